The van der Waals surface area contributed by atoms with Gasteiger partial charge in [0.05, 0.1) is 12.8 Å². The largest absolute Gasteiger partial charge is 0.497 e. The highest BCUT2D eigenvalue weighted by Gasteiger charge is 2.12. The number of carbonyl (C=O) groups is 2. The van der Waals surface area contributed by atoms with Crippen LogP contribution in [0.15, 0.2) is 47.8 Å². The summed E-state index contributed by atoms with van der Waals surface area (Å²) < 4.78 is 32.2. The number of anilines is 2. The molecule has 1 aromatic heterocycles. The van der Waals surface area contributed by atoms with E-state index in [2.05, 4.69) is 20.9 Å². The van der Waals surface area contributed by atoms with Crippen molar-refractivity contribution in [3.63, 3.8) is 0 Å². The van der Waals surface area contributed by atoms with Gasteiger partial charge in [0.15, 0.2) is 5.13 Å². The Morgan fingerprint density at radius 2 is 1.77 bits per heavy atom. The van der Waals surface area contributed by atoms with Gasteiger partial charge in [0, 0.05) is 29.6 Å². The monoisotopic (exact) mass is 446 g/mol. The molecule has 1 heterocycles. The predicted octanol–water partition coefficient (Wildman–Crippen LogP) is 4.32. The Balaban J connectivity index is 1.43. The molecule has 0 atom stereocenters. The minimum Gasteiger partial charge on any atom is -0.497 e. The molecule has 0 saturated heterocycles. The van der Waals surface area contributed by atoms with Gasteiger partial charge in [-0.3, -0.25) is 10.1 Å². The van der Waals surface area contributed by atoms with E-state index in [1.807, 2.05) is 0 Å². The van der Waals surface area contributed by atoms with E-state index in [-0.39, 0.29) is 24.4 Å². The van der Waals surface area contributed by atoms with Crippen LogP contribution < -0.4 is 20.7 Å². The Kier molecular flexibility index (Phi) is 7.50. The van der Waals surface area contributed by atoms with Crippen LogP contribution in [0.25, 0.3) is 0 Å². The molecule has 3 aromatic rings. The lowest BCUT2D eigenvalue weighted by atomic mass is 10.2. The van der Waals surface area contributed by atoms with E-state index in [1.54, 1.807) is 36.8 Å². The summed E-state index contributed by atoms with van der Waals surface area (Å²) in [5, 5.41) is 9.91. The molecular weight excluding hydrogens is 426 g/mol. The van der Waals surface area contributed by atoms with Gasteiger partial charge >= 0.3 is 6.03 Å². The Morgan fingerprint density at radius 1 is 1.06 bits per heavy atom. The zero-order chi connectivity index (χ0) is 22.2. The first-order valence-electron chi connectivity index (χ1n) is 9.30. The van der Waals surface area contributed by atoms with E-state index in [1.165, 1.54) is 17.4 Å². The molecule has 10 heteroatoms. The number of rotatable bonds is 8. The molecule has 3 rings (SSSR count). The van der Waals surface area contributed by atoms with Gasteiger partial charge in [0.2, 0.25) is 5.91 Å². The molecule has 0 unspecified atom stereocenters. The smallest absolute Gasteiger partial charge is 0.325 e. The zero-order valence-electron chi connectivity index (χ0n) is 16.6. The van der Waals surface area contributed by atoms with Gasteiger partial charge in [-0.15, -0.1) is 11.3 Å². The van der Waals surface area contributed by atoms with Gasteiger partial charge in [0.1, 0.15) is 17.4 Å². The molecule has 3 N–H and O–H groups in total. The molecule has 0 fully saturated rings. The number of halogens is 2. The molecule has 0 bridgehead atoms. The summed E-state index contributed by atoms with van der Waals surface area (Å²) in [4.78, 5) is 28.3. The highest BCUT2D eigenvalue weighted by atomic mass is 32.1. The van der Waals surface area contributed by atoms with Gasteiger partial charge in [-0.2, -0.15) is 0 Å². The van der Waals surface area contributed by atoms with Crippen LogP contribution >= 0.6 is 11.3 Å². The third-order valence-electron chi connectivity index (χ3n) is 4.25. The van der Waals surface area contributed by atoms with Crippen LogP contribution in [-0.4, -0.2) is 24.0 Å². The zero-order valence-corrected chi connectivity index (χ0v) is 17.4. The maximum atomic E-state index is 13.6. The first kappa shape index (κ1) is 22.2. The van der Waals surface area contributed by atoms with Crippen LogP contribution in [0, 0.1) is 11.6 Å². The van der Waals surface area contributed by atoms with Crippen molar-refractivity contribution in [3.05, 3.63) is 70.7 Å². The predicted molar refractivity (Wildman–Crippen MR) is 114 cm³/mol. The fourth-order valence-electron chi connectivity index (χ4n) is 2.63. The minimum atomic E-state index is -0.705. The number of hydrogen-bond donors (Lipinski definition) is 3. The summed E-state index contributed by atoms with van der Waals surface area (Å²) in [6.07, 6.45) is 0.418. The number of nitrogens with one attached hydrogen (secondary N) is 3. The number of aryl methyl sites for hydroxylation is 1. The third kappa shape index (κ3) is 6.48. The number of hydrogen-bond acceptors (Lipinski definition) is 5. The number of benzene rings is 2. The average molecular weight is 446 g/mol. The number of thiazole rings is 1. The summed E-state index contributed by atoms with van der Waals surface area (Å²) >= 11 is 1.23. The van der Waals surface area contributed by atoms with Crippen molar-refractivity contribution >= 4 is 34.1 Å². The lowest BCUT2D eigenvalue weighted by Crippen LogP contribution is -2.24. The molecule has 2 aromatic carbocycles. The van der Waals surface area contributed by atoms with Crippen molar-refractivity contribution in [2.75, 3.05) is 17.7 Å². The van der Waals surface area contributed by atoms with Gasteiger partial charge in [-0.1, -0.05) is 6.07 Å². The fraction of sp³-hybridized carbons (Fsp3) is 0.190. The number of amides is 3. The van der Waals surface area contributed by atoms with Crippen molar-refractivity contribution in [1.29, 1.82) is 0 Å². The fourth-order valence-corrected chi connectivity index (χ4v) is 3.37. The molecule has 0 spiro atoms. The standard InChI is InChI=1S/C21H20F2N4O3S/c1-30-15-8-5-13(6-9-15)25-20(29)27-21-26-14(12-31-21)7-10-19(28)24-11-16-17(22)3-2-4-18(16)23/h2-6,8-9,12H,7,10-11H2,1H3,(H,24,28)(H2,25,26,27,29). The highest BCUT2D eigenvalue weighted by molar-refractivity contribution is 7.13. The topological polar surface area (TPSA) is 92.3 Å². The second-order valence-corrected chi connectivity index (χ2v) is 7.29. The van der Waals surface area contributed by atoms with E-state index in [0.29, 0.717) is 28.7 Å². The summed E-state index contributed by atoms with van der Waals surface area (Å²) in [7, 11) is 1.56. The molecule has 31 heavy (non-hydrogen) atoms. The Morgan fingerprint density at radius 3 is 2.45 bits per heavy atom. The molecule has 162 valence electrons. The maximum Gasteiger partial charge on any atom is 0.325 e. The van der Waals surface area contributed by atoms with E-state index in [0.717, 1.165) is 12.1 Å². The van der Waals surface area contributed by atoms with Crippen molar-refractivity contribution in [2.45, 2.75) is 19.4 Å². The first-order chi connectivity index (χ1) is 14.9. The van der Waals surface area contributed by atoms with E-state index >= 15 is 0 Å². The van der Waals surface area contributed by atoms with Crippen molar-refractivity contribution in [3.8, 4) is 5.75 Å². The number of aromatic nitrogens is 1. The molecule has 0 saturated carbocycles. The van der Waals surface area contributed by atoms with Gasteiger partial charge in [0.25, 0.3) is 0 Å². The summed E-state index contributed by atoms with van der Waals surface area (Å²) in [6.45, 7) is -0.229. The molecule has 0 aliphatic carbocycles. The lowest BCUT2D eigenvalue weighted by molar-refractivity contribution is -0.121. The number of carbonyl (C=O) groups excluding carboxylic acids is 2. The Bertz CT molecular complexity index is 1040. The molecule has 7 nitrogen and oxygen atoms in total. The molecular formula is C21H20F2N4O3S. The van der Waals surface area contributed by atoms with Crippen molar-refractivity contribution < 1.29 is 23.1 Å². The number of urea groups is 1. The summed E-state index contributed by atoms with van der Waals surface area (Å²) in [5.41, 5.74) is 1.04. The van der Waals surface area contributed by atoms with E-state index in [9.17, 15) is 18.4 Å². The van der Waals surface area contributed by atoms with Gasteiger partial charge in [-0.25, -0.2) is 18.6 Å². The SMILES string of the molecule is COc1ccc(NC(=O)Nc2nc(CCC(=O)NCc3c(F)cccc3F)cs2)cc1. The molecule has 3 amide bonds. The van der Waals surface area contributed by atoms with Crippen LogP contribution in [0.4, 0.5) is 24.4 Å². The number of nitrogens with zero attached hydrogens (tertiary/aromatic N) is 1. The Hall–Kier alpha value is -3.53. The minimum absolute atomic E-state index is 0.0945. The highest BCUT2D eigenvalue weighted by Crippen LogP contribution is 2.19. The van der Waals surface area contributed by atoms with Crippen LogP contribution in [0.3, 0.4) is 0 Å². The van der Waals surface area contributed by atoms with Crippen molar-refractivity contribution in [2.24, 2.45) is 0 Å². The second-order valence-electron chi connectivity index (χ2n) is 6.43. The first-order valence-corrected chi connectivity index (χ1v) is 10.2. The average Bonchev–Trinajstić information content (AvgIpc) is 3.19. The van der Waals surface area contributed by atoms with Gasteiger partial charge < -0.3 is 15.4 Å². The quantitative estimate of drug-likeness (QED) is 0.480. The molecule has 0 aliphatic heterocycles. The van der Waals surface area contributed by atoms with E-state index < -0.39 is 17.7 Å². The number of ether oxygens (including phenoxy) is 1. The third-order valence-corrected chi connectivity index (χ3v) is 5.06. The summed E-state index contributed by atoms with van der Waals surface area (Å²) in [6, 6.07) is 9.95. The Labute approximate surface area is 181 Å². The molecule has 0 radical (unpaired) electrons. The van der Waals surface area contributed by atoms with Crippen molar-refractivity contribution in [1.82, 2.24) is 10.3 Å². The van der Waals surface area contributed by atoms with Crippen LogP contribution in [-0.2, 0) is 17.8 Å². The maximum absolute atomic E-state index is 13.6. The van der Waals surface area contributed by atoms with E-state index in [4.69, 9.17) is 4.74 Å². The van der Waals surface area contributed by atoms with Crippen LogP contribution in [0.2, 0.25) is 0 Å². The lowest BCUT2D eigenvalue weighted by Gasteiger charge is -2.07. The van der Waals surface area contributed by atoms with Crippen LogP contribution in [0.1, 0.15) is 17.7 Å². The second kappa shape index (κ2) is 10.5. The summed E-state index contributed by atoms with van der Waals surface area (Å²) in [5.74, 6) is -1.09. The van der Waals surface area contributed by atoms with Gasteiger partial charge in [-0.05, 0) is 42.8 Å². The number of methoxy groups -OCH3 is 1. The molecule has 0 aliphatic rings. The normalized spacial score (nSPS) is 10.4. The van der Waals surface area contributed by atoms with Crippen LogP contribution in [0.5, 0.6) is 5.75 Å².